The second kappa shape index (κ2) is 6.86. The third-order valence-corrected chi connectivity index (χ3v) is 2.14. The van der Waals surface area contributed by atoms with Crippen LogP contribution in [-0.4, -0.2) is 17.9 Å². The number of carbonyl (C=O) groups excluding carboxylic acids is 2. The number of amides is 2. The summed E-state index contributed by atoms with van der Waals surface area (Å²) in [6.07, 6.45) is 0. The Morgan fingerprint density at radius 2 is 1.95 bits per heavy atom. The minimum atomic E-state index is -0.683. The van der Waals surface area contributed by atoms with Gasteiger partial charge in [-0.3, -0.25) is 9.59 Å². The van der Waals surface area contributed by atoms with Gasteiger partial charge < -0.3 is 5.32 Å². The lowest BCUT2D eigenvalue weighted by Crippen LogP contribution is -2.42. The Balaban J connectivity index is 2.51. The molecule has 0 spiro atoms. The van der Waals surface area contributed by atoms with Gasteiger partial charge in [-0.2, -0.15) is 5.26 Å². The van der Waals surface area contributed by atoms with E-state index in [0.29, 0.717) is 11.3 Å². The summed E-state index contributed by atoms with van der Waals surface area (Å²) < 4.78 is 0. The molecule has 0 bridgehead atoms. The van der Waals surface area contributed by atoms with Crippen LogP contribution in [-0.2, 0) is 9.59 Å². The van der Waals surface area contributed by atoms with Gasteiger partial charge in [0.05, 0.1) is 17.3 Å². The number of nitrogens with zero attached hydrogens (tertiary/aromatic N) is 3. The van der Waals surface area contributed by atoms with Gasteiger partial charge in [-0.1, -0.05) is 5.22 Å². The highest BCUT2D eigenvalue weighted by atomic mass is 16.2. The van der Waals surface area contributed by atoms with Crippen molar-refractivity contribution in [2.24, 2.45) is 10.3 Å². The quantitative estimate of drug-likeness (QED) is 0.626. The molecule has 1 atom stereocenters. The van der Waals surface area contributed by atoms with E-state index in [9.17, 15) is 9.59 Å². The molecule has 0 aliphatic rings. The third-order valence-electron chi connectivity index (χ3n) is 2.14. The first-order valence-electron chi connectivity index (χ1n) is 5.51. The summed E-state index contributed by atoms with van der Waals surface area (Å²) in [5, 5.41) is 18.3. The van der Waals surface area contributed by atoms with E-state index in [1.54, 1.807) is 24.3 Å². The fourth-order valence-electron chi connectivity index (χ4n) is 1.20. The first kappa shape index (κ1) is 14.3. The maximum absolute atomic E-state index is 11.4. The monoisotopic (exact) mass is 259 g/mol. The molecule has 1 aromatic rings. The fraction of sp³-hybridized carbons (Fsp3) is 0.250. The van der Waals surface area contributed by atoms with Crippen molar-refractivity contribution < 1.29 is 9.59 Å². The molecule has 7 nitrogen and oxygen atoms in total. The van der Waals surface area contributed by atoms with Gasteiger partial charge in [-0.05, 0) is 31.2 Å². The Bertz CT molecular complexity index is 530. The SMILES string of the molecule is CC(=O)NC(C)C(=O)NN=Nc1ccc(C#N)cc1. The highest BCUT2D eigenvalue weighted by Crippen LogP contribution is 2.12. The van der Waals surface area contributed by atoms with Crippen LogP contribution in [0.2, 0.25) is 0 Å². The number of nitriles is 1. The average Bonchev–Trinajstić information content (AvgIpc) is 2.38. The zero-order valence-electron chi connectivity index (χ0n) is 10.5. The maximum atomic E-state index is 11.4. The topological polar surface area (TPSA) is 107 Å². The van der Waals surface area contributed by atoms with E-state index in [1.165, 1.54) is 13.8 Å². The van der Waals surface area contributed by atoms with E-state index in [2.05, 4.69) is 21.1 Å². The maximum Gasteiger partial charge on any atom is 0.263 e. The molecule has 0 radical (unpaired) electrons. The van der Waals surface area contributed by atoms with E-state index >= 15 is 0 Å². The number of carbonyl (C=O) groups is 2. The largest absolute Gasteiger partial charge is 0.345 e. The molecule has 0 aliphatic carbocycles. The Kier molecular flexibility index (Phi) is 5.17. The average molecular weight is 259 g/mol. The van der Waals surface area contributed by atoms with Crippen molar-refractivity contribution in [2.45, 2.75) is 19.9 Å². The third kappa shape index (κ3) is 4.95. The summed E-state index contributed by atoms with van der Waals surface area (Å²) in [6.45, 7) is 2.86. The summed E-state index contributed by atoms with van der Waals surface area (Å²) >= 11 is 0. The summed E-state index contributed by atoms with van der Waals surface area (Å²) in [4.78, 5) is 22.2. The zero-order valence-corrected chi connectivity index (χ0v) is 10.5. The number of hydrogen-bond donors (Lipinski definition) is 2. The van der Waals surface area contributed by atoms with Crippen LogP contribution in [0.5, 0.6) is 0 Å². The zero-order chi connectivity index (χ0) is 14.3. The minimum Gasteiger partial charge on any atom is -0.345 e. The summed E-state index contributed by atoms with van der Waals surface area (Å²) in [5.41, 5.74) is 3.23. The van der Waals surface area contributed by atoms with E-state index in [0.717, 1.165) is 0 Å². The highest BCUT2D eigenvalue weighted by molar-refractivity contribution is 5.86. The lowest BCUT2D eigenvalue weighted by Gasteiger charge is -2.08. The van der Waals surface area contributed by atoms with Crippen LogP contribution in [0.1, 0.15) is 19.4 Å². The molecule has 0 saturated carbocycles. The normalized spacial score (nSPS) is 11.6. The van der Waals surface area contributed by atoms with Gasteiger partial charge in [0, 0.05) is 6.92 Å². The van der Waals surface area contributed by atoms with Crippen LogP contribution >= 0.6 is 0 Å². The molecule has 98 valence electrons. The molecule has 1 aromatic carbocycles. The lowest BCUT2D eigenvalue weighted by atomic mass is 10.2. The van der Waals surface area contributed by atoms with Crippen LogP contribution in [0.25, 0.3) is 0 Å². The van der Waals surface area contributed by atoms with Gasteiger partial charge in [0.25, 0.3) is 5.91 Å². The van der Waals surface area contributed by atoms with E-state index in [1.807, 2.05) is 6.07 Å². The molecule has 0 aromatic heterocycles. The molecule has 19 heavy (non-hydrogen) atoms. The van der Waals surface area contributed by atoms with Crippen LogP contribution < -0.4 is 10.7 Å². The van der Waals surface area contributed by atoms with Gasteiger partial charge in [-0.15, -0.1) is 5.11 Å². The molecule has 1 rings (SSSR count). The Hall–Kier alpha value is -2.75. The smallest absolute Gasteiger partial charge is 0.263 e. The number of hydrogen-bond acceptors (Lipinski definition) is 5. The Morgan fingerprint density at radius 1 is 1.32 bits per heavy atom. The fourth-order valence-corrected chi connectivity index (χ4v) is 1.20. The number of benzene rings is 1. The summed E-state index contributed by atoms with van der Waals surface area (Å²) in [7, 11) is 0. The minimum absolute atomic E-state index is 0.299. The molecule has 0 heterocycles. The second-order valence-corrected chi connectivity index (χ2v) is 3.76. The highest BCUT2D eigenvalue weighted by Gasteiger charge is 2.12. The van der Waals surface area contributed by atoms with Crippen molar-refractivity contribution >= 4 is 17.5 Å². The standard InChI is InChI=1S/C12H13N5O2/c1-8(14-9(2)18)12(19)16-17-15-11-5-3-10(7-13)4-6-11/h3-6,8H,1-2H3,(H,14,18)(H,15,16,19). The molecule has 0 aliphatic heterocycles. The predicted molar refractivity (Wildman–Crippen MR) is 67.1 cm³/mol. The lowest BCUT2D eigenvalue weighted by molar-refractivity contribution is -0.127. The number of rotatable bonds is 4. The molecule has 2 N–H and O–H groups in total. The Labute approximate surface area is 110 Å². The summed E-state index contributed by atoms with van der Waals surface area (Å²) in [5.74, 6) is -0.765. The van der Waals surface area contributed by atoms with E-state index in [4.69, 9.17) is 5.26 Å². The van der Waals surface area contributed by atoms with Gasteiger partial charge in [0.2, 0.25) is 5.91 Å². The first-order valence-corrected chi connectivity index (χ1v) is 5.51. The molecule has 1 unspecified atom stereocenters. The van der Waals surface area contributed by atoms with Crippen LogP contribution in [0, 0.1) is 11.3 Å². The first-order chi connectivity index (χ1) is 9.02. The predicted octanol–water partition coefficient (Wildman–Crippen LogP) is 1.20. The Morgan fingerprint density at radius 3 is 2.47 bits per heavy atom. The van der Waals surface area contributed by atoms with Crippen molar-refractivity contribution in [3.05, 3.63) is 29.8 Å². The molecular formula is C12H13N5O2. The van der Waals surface area contributed by atoms with Gasteiger partial charge in [0.1, 0.15) is 6.04 Å². The molecule has 0 fully saturated rings. The van der Waals surface area contributed by atoms with Crippen molar-refractivity contribution in [3.8, 4) is 6.07 Å². The van der Waals surface area contributed by atoms with Gasteiger partial charge in [0.15, 0.2) is 0 Å². The van der Waals surface area contributed by atoms with Crippen LogP contribution in [0.3, 0.4) is 0 Å². The second-order valence-electron chi connectivity index (χ2n) is 3.76. The van der Waals surface area contributed by atoms with Crippen molar-refractivity contribution in [3.63, 3.8) is 0 Å². The van der Waals surface area contributed by atoms with Gasteiger partial charge >= 0.3 is 0 Å². The van der Waals surface area contributed by atoms with Crippen LogP contribution in [0.4, 0.5) is 5.69 Å². The van der Waals surface area contributed by atoms with E-state index in [-0.39, 0.29) is 5.91 Å². The molecular weight excluding hydrogens is 246 g/mol. The molecule has 0 saturated heterocycles. The van der Waals surface area contributed by atoms with Crippen molar-refractivity contribution in [2.75, 3.05) is 0 Å². The molecule has 2 amide bonds. The van der Waals surface area contributed by atoms with Gasteiger partial charge in [-0.25, -0.2) is 5.43 Å². The van der Waals surface area contributed by atoms with Crippen molar-refractivity contribution in [1.29, 1.82) is 5.26 Å². The van der Waals surface area contributed by atoms with E-state index < -0.39 is 11.9 Å². The molecule has 7 heteroatoms. The van der Waals surface area contributed by atoms with Crippen molar-refractivity contribution in [1.82, 2.24) is 10.7 Å². The number of nitrogens with one attached hydrogen (secondary N) is 2. The van der Waals surface area contributed by atoms with Crippen LogP contribution in [0.15, 0.2) is 34.6 Å². The summed E-state index contributed by atoms with van der Waals surface area (Å²) in [6, 6.07) is 7.69.